The molecular weight excluding hydrogens is 1090 g/mol. The lowest BCUT2D eigenvalue weighted by Crippen LogP contribution is -2.74. The summed E-state index contributed by atoms with van der Waals surface area (Å²) in [6, 6.07) is -0.862. The quantitative estimate of drug-likeness (QED) is 0.0527. The molecule has 0 aromatic heterocycles. The third-order valence-corrected chi connectivity index (χ3v) is 8.47. The molecular formula is C28H11F34NO6. The summed E-state index contributed by atoms with van der Waals surface area (Å²) >= 11 is 0. The molecule has 402 valence electrons. The topological polar surface area (TPSA) is 95.7 Å². The third kappa shape index (κ3) is 9.33. The first-order valence-corrected chi connectivity index (χ1v) is 15.8. The molecule has 0 bridgehead atoms. The smallest absolute Gasteiger partial charge is 0.460 e. The maximum atomic E-state index is 14.1. The summed E-state index contributed by atoms with van der Waals surface area (Å²) in [7, 11) is 0. The van der Waals surface area contributed by atoms with E-state index in [-0.39, 0.29) is 18.2 Å². The van der Waals surface area contributed by atoms with Crippen LogP contribution in [0.2, 0.25) is 0 Å². The predicted octanol–water partition coefficient (Wildman–Crippen LogP) is 12.7. The predicted molar refractivity (Wildman–Crippen MR) is 144 cm³/mol. The Hall–Kier alpha value is -4.82. The van der Waals surface area contributed by atoms with Crippen molar-refractivity contribution in [1.82, 2.24) is 0 Å². The van der Waals surface area contributed by atoms with Crippen LogP contribution in [-0.4, -0.2) is 125 Å². The maximum absolute atomic E-state index is 14.1. The van der Waals surface area contributed by atoms with Crippen molar-refractivity contribution >= 4 is 17.6 Å². The number of alkyl halides is 34. The highest BCUT2D eigenvalue weighted by molar-refractivity contribution is 5.96. The van der Waals surface area contributed by atoms with Crippen LogP contribution in [0.25, 0.3) is 0 Å². The zero-order valence-corrected chi connectivity index (χ0v) is 30.8. The van der Waals surface area contributed by atoms with Crippen molar-refractivity contribution in [2.24, 2.45) is 0 Å². The van der Waals surface area contributed by atoms with E-state index in [1.54, 1.807) is 0 Å². The summed E-state index contributed by atoms with van der Waals surface area (Å²) in [6.45, 7) is -5.49. The molecule has 0 spiro atoms. The number of halogens is 34. The Bertz CT molecular complexity index is 1940. The van der Waals surface area contributed by atoms with Crippen LogP contribution >= 0.6 is 0 Å². The first-order valence-electron chi connectivity index (χ1n) is 15.8. The number of nitrogens with zero attached hydrogens (tertiary/aromatic N) is 1. The van der Waals surface area contributed by atoms with Crippen LogP contribution in [-0.2, 0) is 9.47 Å². The molecule has 0 atom stereocenters. The van der Waals surface area contributed by atoms with Gasteiger partial charge in [-0.2, -0.15) is 149 Å². The van der Waals surface area contributed by atoms with Gasteiger partial charge in [-0.1, -0.05) is 0 Å². The summed E-state index contributed by atoms with van der Waals surface area (Å²) < 4.78 is 464. The van der Waals surface area contributed by atoms with Gasteiger partial charge in [-0.3, -0.25) is 10.1 Å². The van der Waals surface area contributed by atoms with Crippen LogP contribution in [0.1, 0.15) is 33.6 Å². The maximum Gasteiger partial charge on any atom is 0.460 e. The van der Waals surface area contributed by atoms with Gasteiger partial charge in [0.05, 0.1) is 42.1 Å². The second-order valence-electron chi connectivity index (χ2n) is 13.1. The number of carbonyl (C=O) groups is 2. The fraction of sp³-hybridized carbons (Fsp3) is 0.714. The third-order valence-electron chi connectivity index (χ3n) is 8.47. The van der Waals surface area contributed by atoms with Gasteiger partial charge < -0.3 is 9.47 Å². The van der Waals surface area contributed by atoms with Crippen LogP contribution in [0.5, 0.6) is 0 Å². The van der Waals surface area contributed by atoms with Crippen LogP contribution in [0.3, 0.4) is 0 Å². The second kappa shape index (κ2) is 17.5. The van der Waals surface area contributed by atoms with Crippen molar-refractivity contribution in [3.63, 3.8) is 0 Å². The number of esters is 2. The number of carbonyl (C=O) groups excluding carboxylic acids is 2. The van der Waals surface area contributed by atoms with Crippen LogP contribution in [0.15, 0.2) is 18.2 Å². The van der Waals surface area contributed by atoms with E-state index in [0.717, 1.165) is 0 Å². The number of hydrogen-bond donors (Lipinski definition) is 0. The fourth-order valence-electron chi connectivity index (χ4n) is 4.37. The van der Waals surface area contributed by atoms with Crippen molar-refractivity contribution in [2.45, 2.75) is 108 Å². The molecule has 0 amide bonds. The van der Waals surface area contributed by atoms with Crippen LogP contribution < -0.4 is 0 Å². The second-order valence-corrected chi connectivity index (χ2v) is 13.1. The number of hydrogen-bond acceptors (Lipinski definition) is 6. The van der Waals surface area contributed by atoms with Gasteiger partial charge in [-0.25, -0.2) is 9.59 Å². The van der Waals surface area contributed by atoms with Crippen molar-refractivity contribution in [2.75, 3.05) is 13.2 Å². The summed E-state index contributed by atoms with van der Waals surface area (Å²) in [4.78, 5) is 33.8. The summed E-state index contributed by atoms with van der Waals surface area (Å²) in [5.41, 5.74) is -5.39. The lowest BCUT2D eigenvalue weighted by atomic mass is 9.88. The Balaban J connectivity index is 3.42. The first kappa shape index (κ1) is 62.2. The van der Waals surface area contributed by atoms with E-state index < -0.39 is 155 Å². The molecule has 0 radical (unpaired) electrons. The molecule has 1 aromatic carbocycles. The molecule has 0 aliphatic heterocycles. The summed E-state index contributed by atoms with van der Waals surface area (Å²) in [5.74, 6) is -125. The minimum atomic E-state index is -9.04. The van der Waals surface area contributed by atoms with Gasteiger partial charge in [-0.15, -0.1) is 0 Å². The molecule has 0 saturated carbocycles. The molecule has 69 heavy (non-hydrogen) atoms. The van der Waals surface area contributed by atoms with E-state index in [2.05, 4.69) is 9.47 Å². The zero-order chi connectivity index (χ0) is 55.8. The molecule has 41 heteroatoms. The van der Waals surface area contributed by atoms with E-state index in [4.69, 9.17) is 0 Å². The minimum Gasteiger partial charge on any atom is -0.462 e. The molecule has 1 rings (SSSR count). The largest absolute Gasteiger partial charge is 0.462 e. The van der Waals surface area contributed by atoms with Gasteiger partial charge >= 0.3 is 107 Å². The Morgan fingerprint density at radius 2 is 0.565 bits per heavy atom. The van der Waals surface area contributed by atoms with Crippen molar-refractivity contribution < 1.29 is 173 Å². The van der Waals surface area contributed by atoms with Gasteiger partial charge in [-0.05, 0) is 6.07 Å². The zero-order valence-electron chi connectivity index (χ0n) is 30.8. The monoisotopic (exact) mass is 1100 g/mol. The lowest BCUT2D eigenvalue weighted by molar-refractivity contribution is -0.461. The van der Waals surface area contributed by atoms with Crippen LogP contribution in [0, 0.1) is 10.1 Å². The van der Waals surface area contributed by atoms with E-state index in [1.807, 2.05) is 0 Å². The first-order chi connectivity index (χ1) is 29.8. The van der Waals surface area contributed by atoms with Gasteiger partial charge in [0, 0.05) is 12.1 Å². The Morgan fingerprint density at radius 3 is 0.768 bits per heavy atom. The standard InChI is InChI=1S/C28H11F34NO6/c29-13(30,15(33,34)17(37,38)19(41,42)21(45,46)23(49,50)25(53,54)27(57,58)59)1-3-68-11(64)8-5-9(7-10(6-8)63(66)67)12(65)69-4-2-14(31,32)16(35,36)18(39,40)20(43,44)22(47,48)24(51,52)26(55,56)28(60,61)62/h5-7H,1-4H2. The van der Waals surface area contributed by atoms with Crippen molar-refractivity contribution in [3.05, 3.63) is 39.4 Å². The summed E-state index contributed by atoms with van der Waals surface area (Å²) in [5, 5.41) is 11.2. The normalized spacial score (nSPS) is 15.6. The number of nitro benzene ring substituents is 1. The van der Waals surface area contributed by atoms with Crippen molar-refractivity contribution in [1.29, 1.82) is 0 Å². The molecule has 7 nitrogen and oxygen atoms in total. The molecule has 0 N–H and O–H groups in total. The van der Waals surface area contributed by atoms with Crippen molar-refractivity contribution in [3.8, 4) is 0 Å². The number of ether oxygens (including phenoxy) is 2. The van der Waals surface area contributed by atoms with Gasteiger partial charge in [0.15, 0.2) is 0 Å². The number of nitro groups is 1. The summed E-state index contributed by atoms with van der Waals surface area (Å²) in [6.07, 6.45) is -23.1. The highest BCUT2D eigenvalue weighted by Gasteiger charge is 2.97. The van der Waals surface area contributed by atoms with Gasteiger partial charge in [0.2, 0.25) is 0 Å². The number of non-ortho nitro benzene ring substituents is 1. The highest BCUT2D eigenvalue weighted by atomic mass is 19.4. The van der Waals surface area contributed by atoms with E-state index in [0.29, 0.717) is 0 Å². The molecule has 0 heterocycles. The molecule has 0 saturated heterocycles. The molecule has 0 aliphatic rings. The molecule has 0 aliphatic carbocycles. The molecule has 0 unspecified atom stereocenters. The Kier molecular flexibility index (Phi) is 15.8. The Labute approximate surface area is 352 Å². The van der Waals surface area contributed by atoms with Gasteiger partial charge in [0.25, 0.3) is 5.69 Å². The Morgan fingerprint density at radius 1 is 0.362 bits per heavy atom. The van der Waals surface area contributed by atoms with Crippen LogP contribution in [0.4, 0.5) is 155 Å². The lowest BCUT2D eigenvalue weighted by Gasteiger charge is -2.42. The highest BCUT2D eigenvalue weighted by Crippen LogP contribution is 2.66. The average molecular weight is 1100 g/mol. The fourth-order valence-corrected chi connectivity index (χ4v) is 4.37. The molecule has 1 aromatic rings. The van der Waals surface area contributed by atoms with E-state index >= 15 is 0 Å². The average Bonchev–Trinajstić information content (AvgIpc) is 3.15. The number of rotatable bonds is 21. The minimum absolute atomic E-state index is 0.263. The van der Waals surface area contributed by atoms with Gasteiger partial charge in [0.1, 0.15) is 0 Å². The number of benzene rings is 1. The SMILES string of the molecule is O=C(OCCC(F)(F)C(F)(F)C(F)(F)C(F)(F)C(F)(F)C(F)(F)C(F)(F)C(F)(F)F)c1cc(C(=O)OCCC(F)(F)C(F)(F)C(F)(F)C(F)(F)C(F)(F)C(F)(F)C(F)(F)C(F)(F)F)cc([N+](=O)[O-])c1. The molecule has 0 fully saturated rings. The van der Waals surface area contributed by atoms with E-state index in [1.165, 1.54) is 0 Å². The van der Waals surface area contributed by atoms with E-state index in [9.17, 15) is 169 Å².